The number of likely N-dealkylation sites (N-methyl/N-ethyl adjacent to an activating group) is 2. The number of hydrogen-bond acceptors (Lipinski definition) is 7. The molecule has 0 fully saturated rings. The maximum atomic E-state index is 13.4. The highest BCUT2D eigenvalue weighted by molar-refractivity contribution is 5.92. The van der Waals surface area contributed by atoms with Crippen LogP contribution in [-0.4, -0.2) is 91.3 Å². The van der Waals surface area contributed by atoms with Gasteiger partial charge in [0.1, 0.15) is 30.8 Å². The van der Waals surface area contributed by atoms with Crippen molar-refractivity contribution < 1.29 is 33.4 Å². The molecule has 0 aliphatic heterocycles. The quantitative estimate of drug-likeness (QED) is 0.203. The van der Waals surface area contributed by atoms with Crippen LogP contribution in [0.2, 0.25) is 0 Å². The fourth-order valence-electron chi connectivity index (χ4n) is 3.19. The second kappa shape index (κ2) is 16.2. The van der Waals surface area contributed by atoms with Crippen molar-refractivity contribution in [2.75, 3.05) is 33.9 Å². The molecule has 208 valence electrons. The summed E-state index contributed by atoms with van der Waals surface area (Å²) in [5.41, 5.74) is -0.729. The summed E-state index contributed by atoms with van der Waals surface area (Å²) in [5, 5.41) is 2.77. The molecule has 10 nitrogen and oxygen atoms in total. The Morgan fingerprint density at radius 3 is 2.19 bits per heavy atom. The number of ether oxygens (including phenoxy) is 3. The van der Waals surface area contributed by atoms with Crippen molar-refractivity contribution in [2.24, 2.45) is 5.92 Å². The highest BCUT2D eigenvalue weighted by Crippen LogP contribution is 2.16. The van der Waals surface area contributed by atoms with E-state index in [0.29, 0.717) is 13.0 Å². The zero-order valence-electron chi connectivity index (χ0n) is 23.6. The predicted molar refractivity (Wildman–Crippen MR) is 138 cm³/mol. The zero-order chi connectivity index (χ0) is 28.1. The summed E-state index contributed by atoms with van der Waals surface area (Å²) < 4.78 is 16.2. The first-order chi connectivity index (χ1) is 16.6. The normalized spacial score (nSPS) is 13.8. The van der Waals surface area contributed by atoms with E-state index in [2.05, 4.69) is 11.9 Å². The van der Waals surface area contributed by atoms with Crippen LogP contribution >= 0.6 is 0 Å². The van der Waals surface area contributed by atoms with Gasteiger partial charge in [0.05, 0.1) is 6.10 Å². The van der Waals surface area contributed by atoms with Gasteiger partial charge >= 0.3 is 12.1 Å². The van der Waals surface area contributed by atoms with E-state index < -0.39 is 47.7 Å². The van der Waals surface area contributed by atoms with E-state index in [1.165, 1.54) is 30.0 Å². The van der Waals surface area contributed by atoms with Gasteiger partial charge in [0.2, 0.25) is 11.8 Å². The number of carbonyl (C=O) groups is 4. The monoisotopic (exact) mass is 513 g/mol. The van der Waals surface area contributed by atoms with Crippen LogP contribution in [-0.2, 0) is 28.6 Å². The standard InChI is InChI=1S/C26H47N3O7/c1-11-13-15-34-19(5)22(24(32)28(9)17-21(30)35-14-12-2)27-23(31)20(16-18(3)4)29(10)25(33)36-26(6,7)8/h12,18-20,22H,2,11,13-17H2,1,3-10H3,(H,27,31)/t19-,20+,22+/m1/s1. The molecule has 0 unspecified atom stereocenters. The summed E-state index contributed by atoms with van der Waals surface area (Å²) in [6, 6.07) is -1.95. The number of carbonyl (C=O) groups excluding carboxylic acids is 4. The first kappa shape index (κ1) is 33.4. The SMILES string of the molecule is C=CCOC(=O)CN(C)C(=O)[C@@H](NC(=O)[C@H](CC(C)C)N(C)C(=O)OC(C)(C)C)[C@@H](C)OCCCC. The van der Waals surface area contributed by atoms with Gasteiger partial charge in [-0.3, -0.25) is 19.3 Å². The van der Waals surface area contributed by atoms with E-state index >= 15 is 0 Å². The largest absolute Gasteiger partial charge is 0.460 e. The Labute approximate surface area is 216 Å². The van der Waals surface area contributed by atoms with Gasteiger partial charge in [-0.25, -0.2) is 4.79 Å². The average molecular weight is 514 g/mol. The first-order valence-corrected chi connectivity index (χ1v) is 12.5. The lowest BCUT2D eigenvalue weighted by Crippen LogP contribution is -2.58. The van der Waals surface area contributed by atoms with Gasteiger partial charge < -0.3 is 24.4 Å². The van der Waals surface area contributed by atoms with Crippen molar-refractivity contribution in [3.63, 3.8) is 0 Å². The third-order valence-electron chi connectivity index (χ3n) is 5.16. The van der Waals surface area contributed by atoms with Crippen molar-refractivity contribution in [2.45, 2.75) is 91.5 Å². The summed E-state index contributed by atoms with van der Waals surface area (Å²) in [7, 11) is 2.95. The van der Waals surface area contributed by atoms with Gasteiger partial charge in [0.25, 0.3) is 0 Å². The fourth-order valence-corrected chi connectivity index (χ4v) is 3.19. The minimum atomic E-state index is -1.08. The van der Waals surface area contributed by atoms with E-state index in [-0.39, 0.29) is 19.1 Å². The van der Waals surface area contributed by atoms with E-state index in [4.69, 9.17) is 14.2 Å². The molecule has 3 atom stereocenters. The van der Waals surface area contributed by atoms with Gasteiger partial charge in [-0.15, -0.1) is 0 Å². The number of amides is 3. The summed E-state index contributed by atoms with van der Waals surface area (Å²) in [4.78, 5) is 53.9. The lowest BCUT2D eigenvalue weighted by molar-refractivity contribution is -0.150. The van der Waals surface area contributed by atoms with E-state index in [1.807, 2.05) is 20.8 Å². The number of nitrogens with zero attached hydrogens (tertiary/aromatic N) is 2. The molecule has 0 spiro atoms. The Kier molecular flexibility index (Phi) is 15.0. The number of rotatable bonds is 15. The molecule has 0 aromatic rings. The van der Waals surface area contributed by atoms with Gasteiger partial charge in [-0.1, -0.05) is 39.8 Å². The predicted octanol–water partition coefficient (Wildman–Crippen LogP) is 3.15. The summed E-state index contributed by atoms with van der Waals surface area (Å²) in [5.74, 6) is -1.53. The summed E-state index contributed by atoms with van der Waals surface area (Å²) in [6.07, 6.45) is 2.18. The Morgan fingerprint density at radius 1 is 1.08 bits per heavy atom. The van der Waals surface area contributed by atoms with Crippen LogP contribution in [0.4, 0.5) is 4.79 Å². The molecule has 0 heterocycles. The van der Waals surface area contributed by atoms with Gasteiger partial charge in [-0.05, 0) is 46.5 Å². The van der Waals surface area contributed by atoms with Gasteiger partial charge in [-0.2, -0.15) is 0 Å². The summed E-state index contributed by atoms with van der Waals surface area (Å²) >= 11 is 0. The van der Waals surface area contributed by atoms with E-state index in [1.54, 1.807) is 27.7 Å². The lowest BCUT2D eigenvalue weighted by Gasteiger charge is -2.33. The maximum Gasteiger partial charge on any atom is 0.410 e. The Morgan fingerprint density at radius 2 is 1.69 bits per heavy atom. The highest BCUT2D eigenvalue weighted by Gasteiger charge is 2.36. The molecule has 0 bridgehead atoms. The Hall–Kier alpha value is -2.62. The van der Waals surface area contributed by atoms with Crippen LogP contribution < -0.4 is 5.32 Å². The molecule has 0 radical (unpaired) electrons. The Balaban J connectivity index is 5.81. The first-order valence-electron chi connectivity index (χ1n) is 12.5. The second-order valence-corrected chi connectivity index (χ2v) is 10.3. The molecular formula is C26H47N3O7. The molecular weight excluding hydrogens is 466 g/mol. The fraction of sp³-hybridized carbons (Fsp3) is 0.769. The molecule has 10 heteroatoms. The molecule has 36 heavy (non-hydrogen) atoms. The second-order valence-electron chi connectivity index (χ2n) is 10.3. The molecule has 0 aromatic carbocycles. The van der Waals surface area contributed by atoms with Crippen LogP contribution in [0.1, 0.15) is 67.7 Å². The third kappa shape index (κ3) is 12.9. The van der Waals surface area contributed by atoms with Crippen molar-refractivity contribution >= 4 is 23.9 Å². The van der Waals surface area contributed by atoms with Crippen LogP contribution in [0.15, 0.2) is 12.7 Å². The number of hydrogen-bond donors (Lipinski definition) is 1. The molecule has 0 aromatic heterocycles. The maximum absolute atomic E-state index is 13.4. The van der Waals surface area contributed by atoms with Gasteiger partial charge in [0, 0.05) is 20.7 Å². The third-order valence-corrected chi connectivity index (χ3v) is 5.16. The number of esters is 1. The van der Waals surface area contributed by atoms with Crippen molar-refractivity contribution in [3.8, 4) is 0 Å². The highest BCUT2D eigenvalue weighted by atomic mass is 16.6. The minimum absolute atomic E-state index is 0.0332. The topological polar surface area (TPSA) is 114 Å². The Bertz CT molecular complexity index is 734. The smallest absolute Gasteiger partial charge is 0.410 e. The van der Waals surface area contributed by atoms with Crippen molar-refractivity contribution in [1.29, 1.82) is 0 Å². The molecule has 0 aliphatic rings. The van der Waals surface area contributed by atoms with Crippen LogP contribution in [0.3, 0.4) is 0 Å². The van der Waals surface area contributed by atoms with Gasteiger partial charge in [0.15, 0.2) is 0 Å². The molecule has 3 amide bonds. The van der Waals surface area contributed by atoms with E-state index in [0.717, 1.165) is 12.8 Å². The average Bonchev–Trinajstić information content (AvgIpc) is 2.77. The van der Waals surface area contributed by atoms with Crippen LogP contribution in [0.5, 0.6) is 0 Å². The zero-order valence-corrected chi connectivity index (χ0v) is 23.6. The van der Waals surface area contributed by atoms with Crippen molar-refractivity contribution in [3.05, 3.63) is 12.7 Å². The van der Waals surface area contributed by atoms with Crippen LogP contribution in [0, 0.1) is 5.92 Å². The molecule has 1 N–H and O–H groups in total. The number of unbranched alkanes of at least 4 members (excludes halogenated alkanes) is 1. The molecule has 0 aliphatic carbocycles. The van der Waals surface area contributed by atoms with E-state index in [9.17, 15) is 19.2 Å². The molecule has 0 saturated carbocycles. The lowest BCUT2D eigenvalue weighted by atomic mass is 10.0. The minimum Gasteiger partial charge on any atom is -0.460 e. The number of nitrogens with one attached hydrogen (secondary N) is 1. The molecule has 0 rings (SSSR count). The summed E-state index contributed by atoms with van der Waals surface area (Å²) in [6.45, 7) is 16.5. The van der Waals surface area contributed by atoms with Crippen LogP contribution in [0.25, 0.3) is 0 Å². The molecule has 0 saturated heterocycles. The van der Waals surface area contributed by atoms with Crippen molar-refractivity contribution in [1.82, 2.24) is 15.1 Å².